The van der Waals surface area contributed by atoms with Crippen molar-refractivity contribution in [2.45, 2.75) is 90.2 Å². The number of pyridine rings is 2. The van der Waals surface area contributed by atoms with E-state index in [4.69, 9.17) is 20.2 Å². The number of hydrogen-bond acceptors (Lipinski definition) is 9. The van der Waals surface area contributed by atoms with E-state index in [1.54, 1.807) is 39.3 Å². The Morgan fingerprint density at radius 3 is 2.62 bits per heavy atom. The molecule has 0 spiro atoms. The number of carbonyl (C=O) groups is 4. The van der Waals surface area contributed by atoms with Crippen LogP contribution in [0.1, 0.15) is 69.2 Å². The molecule has 3 aromatic rings. The highest BCUT2D eigenvalue weighted by atomic mass is 16.6. The van der Waals surface area contributed by atoms with Gasteiger partial charge in [-0.25, -0.2) is 14.6 Å². The number of likely N-dealkylation sites (tertiary alicyclic amines) is 1. The largest absolute Gasteiger partial charge is 0.457 e. The van der Waals surface area contributed by atoms with Crippen LogP contribution in [0.5, 0.6) is 0 Å². The molecule has 6 rings (SSSR count). The number of nitrogens with two attached hydrogens (primary N) is 1. The van der Waals surface area contributed by atoms with E-state index >= 15 is 0 Å². The summed E-state index contributed by atoms with van der Waals surface area (Å²) in [6, 6.07) is 7.65. The monoisotopic (exact) mass is 641 g/mol. The number of para-hydroxylation sites is 1. The fourth-order valence-corrected chi connectivity index (χ4v) is 7.22. The van der Waals surface area contributed by atoms with Crippen LogP contribution >= 0.6 is 0 Å². The number of carbonyl (C=O) groups excluding carboxylic acids is 4. The average Bonchev–Trinajstić information content (AvgIpc) is 3.69. The van der Waals surface area contributed by atoms with Gasteiger partial charge in [0, 0.05) is 23.1 Å². The molecule has 0 radical (unpaired) electrons. The molecule has 1 aromatic carbocycles. The normalized spacial score (nSPS) is 21.1. The quantitative estimate of drug-likeness (QED) is 0.213. The van der Waals surface area contributed by atoms with Crippen LogP contribution in [0.2, 0.25) is 0 Å². The Morgan fingerprint density at radius 1 is 1.19 bits per heavy atom. The number of esters is 2. The molecule has 3 aliphatic heterocycles. The van der Waals surface area contributed by atoms with E-state index in [1.807, 2.05) is 24.3 Å². The van der Waals surface area contributed by atoms with Crippen LogP contribution in [0.3, 0.4) is 0 Å². The van der Waals surface area contributed by atoms with Crippen molar-refractivity contribution in [3.8, 4) is 11.4 Å². The SMILES string of the molecule is BC(N)C(=O)N1CCCC1C(=O)NC(C(=O)OC1(CC)C(=O)OCc2c1cc1n(c2=O)Cc2c-1nc1ccccc1c2CC)C(C)C. The van der Waals surface area contributed by atoms with E-state index in [0.717, 1.165) is 28.5 Å². The van der Waals surface area contributed by atoms with Crippen LogP contribution in [0.15, 0.2) is 35.1 Å². The maximum atomic E-state index is 14.0. The lowest BCUT2D eigenvalue weighted by Crippen LogP contribution is -2.56. The smallest absolute Gasteiger partial charge is 0.355 e. The third-order valence-electron chi connectivity index (χ3n) is 9.76. The number of hydrogen-bond donors (Lipinski definition) is 2. The Morgan fingerprint density at radius 2 is 1.94 bits per heavy atom. The Labute approximate surface area is 273 Å². The topological polar surface area (TPSA) is 163 Å². The molecule has 2 aromatic heterocycles. The maximum Gasteiger partial charge on any atom is 0.355 e. The zero-order valence-corrected chi connectivity index (χ0v) is 27.4. The second kappa shape index (κ2) is 12.3. The summed E-state index contributed by atoms with van der Waals surface area (Å²) in [6.45, 7) is 7.71. The van der Waals surface area contributed by atoms with Crippen molar-refractivity contribution in [2.75, 3.05) is 6.54 Å². The number of nitrogens with one attached hydrogen (secondary N) is 1. The first-order valence-corrected chi connectivity index (χ1v) is 16.4. The lowest BCUT2D eigenvalue weighted by atomic mass is 9.85. The number of ether oxygens (including phenoxy) is 2. The zero-order valence-electron chi connectivity index (χ0n) is 27.4. The summed E-state index contributed by atoms with van der Waals surface area (Å²) >= 11 is 0. The minimum atomic E-state index is -1.92. The van der Waals surface area contributed by atoms with Crippen molar-refractivity contribution in [2.24, 2.45) is 11.7 Å². The molecule has 0 bridgehead atoms. The van der Waals surface area contributed by atoms with E-state index in [2.05, 4.69) is 12.2 Å². The van der Waals surface area contributed by atoms with Crippen molar-refractivity contribution < 1.29 is 28.7 Å². The molecule has 0 aliphatic carbocycles. The fraction of sp³-hybridized carbons (Fsp3) is 0.471. The zero-order chi connectivity index (χ0) is 33.8. The van der Waals surface area contributed by atoms with Gasteiger partial charge in [0.1, 0.15) is 26.5 Å². The molecule has 4 unspecified atom stereocenters. The van der Waals surface area contributed by atoms with E-state index in [1.165, 1.54) is 4.90 Å². The number of amides is 2. The van der Waals surface area contributed by atoms with Gasteiger partial charge in [-0.1, -0.05) is 45.9 Å². The third-order valence-corrected chi connectivity index (χ3v) is 9.76. The van der Waals surface area contributed by atoms with Gasteiger partial charge >= 0.3 is 11.9 Å². The van der Waals surface area contributed by atoms with Gasteiger partial charge in [0.05, 0.1) is 35.0 Å². The molecule has 246 valence electrons. The number of cyclic esters (lactones) is 1. The first-order valence-electron chi connectivity index (χ1n) is 16.4. The molecular weight excluding hydrogens is 601 g/mol. The molecule has 47 heavy (non-hydrogen) atoms. The molecule has 1 fully saturated rings. The predicted molar refractivity (Wildman–Crippen MR) is 176 cm³/mol. The molecule has 0 saturated carbocycles. The lowest BCUT2D eigenvalue weighted by Gasteiger charge is -2.37. The van der Waals surface area contributed by atoms with Gasteiger partial charge in [-0.05, 0) is 49.3 Å². The third kappa shape index (κ3) is 5.20. The Balaban J connectivity index is 1.37. The van der Waals surface area contributed by atoms with Crippen LogP contribution in [0.4, 0.5) is 0 Å². The second-order valence-corrected chi connectivity index (χ2v) is 13.0. The summed E-state index contributed by atoms with van der Waals surface area (Å²) in [4.78, 5) is 74.1. The number of nitrogens with zero attached hydrogens (tertiary/aromatic N) is 3. The van der Waals surface area contributed by atoms with Gasteiger partial charge in [-0.2, -0.15) is 0 Å². The standard InChI is InChI=1S/C34H40BN5O7/c1-5-18-19-10-7-8-11-23(19)37-27-20(18)15-40-25(27)14-22-21(30(40)42)16-46-33(45)34(22,6-2)47-32(44)26(17(3)4)38-29(41)24-12-9-13-39(24)31(43)28(35)36/h7-8,10-11,14,17,24,26,28H,5-6,9,12-13,15-16,35-36H2,1-4H3,(H,38,41). The minimum absolute atomic E-state index is 0.0102. The predicted octanol–water partition coefficient (Wildman–Crippen LogP) is 1.24. The summed E-state index contributed by atoms with van der Waals surface area (Å²) in [7, 11) is 1.57. The number of aryl methyl sites for hydroxylation is 1. The molecule has 4 atom stereocenters. The first kappa shape index (κ1) is 32.4. The summed E-state index contributed by atoms with van der Waals surface area (Å²) in [6.07, 6.45) is 1.79. The summed E-state index contributed by atoms with van der Waals surface area (Å²) < 4.78 is 13.2. The first-order chi connectivity index (χ1) is 22.4. The Bertz CT molecular complexity index is 1870. The van der Waals surface area contributed by atoms with Crippen molar-refractivity contribution in [3.05, 3.63) is 62.9 Å². The molecule has 3 aliphatic rings. The average molecular weight is 642 g/mol. The van der Waals surface area contributed by atoms with E-state index < -0.39 is 47.4 Å². The molecule has 3 N–H and O–H groups in total. The van der Waals surface area contributed by atoms with Crippen molar-refractivity contribution in [1.29, 1.82) is 0 Å². The summed E-state index contributed by atoms with van der Waals surface area (Å²) in [5, 5.41) is 3.80. The van der Waals surface area contributed by atoms with Gasteiger partial charge < -0.3 is 30.0 Å². The van der Waals surface area contributed by atoms with E-state index in [0.29, 0.717) is 37.3 Å². The van der Waals surface area contributed by atoms with Crippen molar-refractivity contribution in [1.82, 2.24) is 19.8 Å². The van der Waals surface area contributed by atoms with Crippen LogP contribution in [0, 0.1) is 5.92 Å². The number of benzene rings is 1. The molecular formula is C34H40BN5O7. The van der Waals surface area contributed by atoms with Gasteiger partial charge in [0.15, 0.2) is 0 Å². The molecule has 2 amide bonds. The van der Waals surface area contributed by atoms with Crippen LogP contribution in [-0.2, 0) is 53.8 Å². The van der Waals surface area contributed by atoms with Crippen LogP contribution in [-0.4, -0.2) is 70.6 Å². The van der Waals surface area contributed by atoms with Crippen molar-refractivity contribution in [3.63, 3.8) is 0 Å². The van der Waals surface area contributed by atoms with Crippen LogP contribution < -0.4 is 16.6 Å². The molecule has 13 heteroatoms. The number of aromatic nitrogens is 2. The van der Waals surface area contributed by atoms with Gasteiger partial charge in [0.2, 0.25) is 17.4 Å². The fourth-order valence-electron chi connectivity index (χ4n) is 7.22. The molecule has 1 saturated heterocycles. The van der Waals surface area contributed by atoms with Crippen molar-refractivity contribution >= 4 is 42.5 Å². The minimum Gasteiger partial charge on any atom is -0.457 e. The lowest BCUT2D eigenvalue weighted by molar-refractivity contribution is -0.191. The van der Waals surface area contributed by atoms with Crippen LogP contribution in [0.25, 0.3) is 22.3 Å². The van der Waals surface area contributed by atoms with Gasteiger partial charge in [-0.15, -0.1) is 0 Å². The Hall–Kier alpha value is -4.52. The maximum absolute atomic E-state index is 14.0. The van der Waals surface area contributed by atoms with E-state index in [-0.39, 0.29) is 35.6 Å². The summed E-state index contributed by atoms with van der Waals surface area (Å²) in [5.41, 5.74) is 8.10. The van der Waals surface area contributed by atoms with Gasteiger partial charge in [0.25, 0.3) is 5.56 Å². The van der Waals surface area contributed by atoms with E-state index in [9.17, 15) is 24.0 Å². The highest BCUT2D eigenvalue weighted by molar-refractivity contribution is 6.23. The second-order valence-electron chi connectivity index (χ2n) is 13.0. The molecule has 12 nitrogen and oxygen atoms in total. The number of rotatable bonds is 8. The summed E-state index contributed by atoms with van der Waals surface area (Å²) in [5.74, 6) is -3.67. The highest BCUT2D eigenvalue weighted by Gasteiger charge is 2.52. The van der Waals surface area contributed by atoms with Gasteiger partial charge in [-0.3, -0.25) is 14.4 Å². The molecule has 5 heterocycles. The number of fused-ring (bicyclic) bond motifs is 5. The Kier molecular flexibility index (Phi) is 8.46. The highest BCUT2D eigenvalue weighted by Crippen LogP contribution is 2.42.